The highest BCUT2D eigenvalue weighted by atomic mass is 35.5. The van der Waals surface area contributed by atoms with Crippen LogP contribution in [0.5, 0.6) is 5.75 Å². The molecular formula is C13H22Cl2N2O. The predicted octanol–water partition coefficient (Wildman–Crippen LogP) is 2.51. The zero-order valence-corrected chi connectivity index (χ0v) is 12.5. The Morgan fingerprint density at radius 2 is 1.89 bits per heavy atom. The van der Waals surface area contributed by atoms with Crippen molar-refractivity contribution in [3.63, 3.8) is 0 Å². The fraction of sp³-hybridized carbons (Fsp3) is 0.538. The highest BCUT2D eigenvalue weighted by Crippen LogP contribution is 2.23. The monoisotopic (exact) mass is 292 g/mol. The molecule has 5 heteroatoms. The molecule has 1 fully saturated rings. The molecule has 18 heavy (non-hydrogen) atoms. The van der Waals surface area contributed by atoms with Gasteiger partial charge >= 0.3 is 0 Å². The topological polar surface area (TPSA) is 24.5 Å². The molecule has 0 spiro atoms. The van der Waals surface area contributed by atoms with Gasteiger partial charge in [-0.25, -0.2) is 0 Å². The molecule has 1 aromatic rings. The summed E-state index contributed by atoms with van der Waals surface area (Å²) in [5, 5.41) is 3.38. The number of methoxy groups -OCH3 is 1. The van der Waals surface area contributed by atoms with Crippen LogP contribution in [0.3, 0.4) is 0 Å². The first-order valence-electron chi connectivity index (χ1n) is 5.90. The summed E-state index contributed by atoms with van der Waals surface area (Å²) in [6, 6.07) is 8.83. The van der Waals surface area contributed by atoms with Gasteiger partial charge in [0.25, 0.3) is 0 Å². The number of nitrogens with zero attached hydrogens (tertiary/aromatic N) is 1. The van der Waals surface area contributed by atoms with Crippen LogP contribution >= 0.6 is 24.8 Å². The molecule has 0 aliphatic carbocycles. The van der Waals surface area contributed by atoms with E-state index in [1.807, 2.05) is 6.07 Å². The fourth-order valence-electron chi connectivity index (χ4n) is 2.18. The van der Waals surface area contributed by atoms with Gasteiger partial charge in [0.15, 0.2) is 0 Å². The van der Waals surface area contributed by atoms with Crippen molar-refractivity contribution in [3.8, 4) is 5.75 Å². The van der Waals surface area contributed by atoms with Gasteiger partial charge in [-0.05, 0) is 24.6 Å². The van der Waals surface area contributed by atoms with Crippen LogP contribution in [0.2, 0.25) is 0 Å². The fourth-order valence-corrected chi connectivity index (χ4v) is 2.18. The van der Waals surface area contributed by atoms with Crippen LogP contribution < -0.4 is 10.1 Å². The number of halogens is 2. The number of hydrogen-bond acceptors (Lipinski definition) is 3. The van der Waals surface area contributed by atoms with E-state index < -0.39 is 0 Å². The van der Waals surface area contributed by atoms with Crippen LogP contribution in [-0.2, 0) is 0 Å². The normalized spacial score (nSPS) is 17.2. The minimum absolute atomic E-state index is 0. The van der Waals surface area contributed by atoms with Crippen molar-refractivity contribution in [1.82, 2.24) is 10.2 Å². The van der Waals surface area contributed by atoms with Crippen molar-refractivity contribution < 1.29 is 4.74 Å². The van der Waals surface area contributed by atoms with Crippen molar-refractivity contribution in [2.24, 2.45) is 0 Å². The molecular weight excluding hydrogens is 271 g/mol. The van der Waals surface area contributed by atoms with Gasteiger partial charge in [0.05, 0.1) is 7.11 Å². The van der Waals surface area contributed by atoms with Crippen LogP contribution in [0.4, 0.5) is 0 Å². The first-order chi connectivity index (χ1) is 7.81. The summed E-state index contributed by atoms with van der Waals surface area (Å²) < 4.78 is 5.26. The van der Waals surface area contributed by atoms with Crippen molar-refractivity contribution in [1.29, 1.82) is 0 Å². The molecule has 1 heterocycles. The molecule has 0 radical (unpaired) electrons. The van der Waals surface area contributed by atoms with E-state index in [0.717, 1.165) is 31.9 Å². The first kappa shape index (κ1) is 17.5. The SMILES string of the molecule is COc1cccc([C@H](C)N2CCNCC2)c1.Cl.Cl. The molecule has 1 aliphatic rings. The van der Waals surface area contributed by atoms with Crippen molar-refractivity contribution in [2.75, 3.05) is 33.3 Å². The molecule has 1 N–H and O–H groups in total. The Morgan fingerprint density at radius 3 is 2.50 bits per heavy atom. The molecule has 0 saturated carbocycles. The Labute approximate surface area is 122 Å². The van der Waals surface area contributed by atoms with Gasteiger partial charge in [0.2, 0.25) is 0 Å². The maximum absolute atomic E-state index is 5.26. The number of nitrogens with one attached hydrogen (secondary N) is 1. The Kier molecular flexibility index (Phi) is 8.36. The number of benzene rings is 1. The molecule has 0 unspecified atom stereocenters. The molecule has 0 bridgehead atoms. The summed E-state index contributed by atoms with van der Waals surface area (Å²) in [4.78, 5) is 2.51. The van der Waals surface area contributed by atoms with Gasteiger partial charge in [-0.3, -0.25) is 4.90 Å². The second kappa shape index (κ2) is 8.59. The summed E-state index contributed by atoms with van der Waals surface area (Å²) in [7, 11) is 1.72. The largest absolute Gasteiger partial charge is 0.497 e. The Hall–Kier alpha value is -0.480. The lowest BCUT2D eigenvalue weighted by atomic mass is 10.1. The quantitative estimate of drug-likeness (QED) is 0.926. The van der Waals surface area contributed by atoms with Crippen LogP contribution in [0.25, 0.3) is 0 Å². The molecule has 104 valence electrons. The standard InChI is InChI=1S/C13H20N2O.2ClH/c1-11(15-8-6-14-7-9-15)12-4-3-5-13(10-12)16-2;;/h3-5,10-11,14H,6-9H2,1-2H3;2*1H/t11-;;/m0../s1. The van der Waals surface area contributed by atoms with Gasteiger partial charge in [-0.15, -0.1) is 24.8 Å². The van der Waals surface area contributed by atoms with E-state index in [2.05, 4.69) is 35.3 Å². The Balaban J connectivity index is 0.00000144. The van der Waals surface area contributed by atoms with Crippen molar-refractivity contribution in [2.45, 2.75) is 13.0 Å². The summed E-state index contributed by atoms with van der Waals surface area (Å²) in [5.74, 6) is 0.944. The average Bonchev–Trinajstić information content (AvgIpc) is 2.39. The third kappa shape index (κ3) is 4.32. The number of piperazine rings is 1. The predicted molar refractivity (Wildman–Crippen MR) is 80.3 cm³/mol. The number of hydrogen-bond donors (Lipinski definition) is 1. The second-order valence-corrected chi connectivity index (χ2v) is 4.24. The summed E-state index contributed by atoms with van der Waals surface area (Å²) >= 11 is 0. The zero-order valence-electron chi connectivity index (χ0n) is 10.9. The smallest absolute Gasteiger partial charge is 0.119 e. The van der Waals surface area contributed by atoms with Crippen LogP contribution in [0.1, 0.15) is 18.5 Å². The van der Waals surface area contributed by atoms with Crippen LogP contribution in [0.15, 0.2) is 24.3 Å². The summed E-state index contributed by atoms with van der Waals surface area (Å²) in [5.41, 5.74) is 1.33. The lowest BCUT2D eigenvalue weighted by Gasteiger charge is -2.33. The van der Waals surface area contributed by atoms with E-state index >= 15 is 0 Å². The maximum Gasteiger partial charge on any atom is 0.119 e. The lowest BCUT2D eigenvalue weighted by molar-refractivity contribution is 0.185. The highest BCUT2D eigenvalue weighted by Gasteiger charge is 2.17. The first-order valence-corrected chi connectivity index (χ1v) is 5.90. The van der Waals surface area contributed by atoms with E-state index in [9.17, 15) is 0 Å². The molecule has 0 aromatic heterocycles. The van der Waals surface area contributed by atoms with Crippen LogP contribution in [-0.4, -0.2) is 38.2 Å². The van der Waals surface area contributed by atoms with E-state index in [4.69, 9.17) is 4.74 Å². The Bertz CT molecular complexity index is 344. The van der Waals surface area contributed by atoms with E-state index in [-0.39, 0.29) is 24.8 Å². The number of ether oxygens (including phenoxy) is 1. The summed E-state index contributed by atoms with van der Waals surface area (Å²) in [6.45, 7) is 6.69. The van der Waals surface area contributed by atoms with Crippen LogP contribution in [0, 0.1) is 0 Å². The highest BCUT2D eigenvalue weighted by molar-refractivity contribution is 5.85. The number of rotatable bonds is 3. The minimum atomic E-state index is 0. The van der Waals surface area contributed by atoms with E-state index in [0.29, 0.717) is 6.04 Å². The summed E-state index contributed by atoms with van der Waals surface area (Å²) in [6.07, 6.45) is 0. The molecule has 1 saturated heterocycles. The molecule has 3 nitrogen and oxygen atoms in total. The van der Waals surface area contributed by atoms with Crippen molar-refractivity contribution in [3.05, 3.63) is 29.8 Å². The molecule has 2 rings (SSSR count). The lowest BCUT2D eigenvalue weighted by Crippen LogP contribution is -2.44. The second-order valence-electron chi connectivity index (χ2n) is 4.24. The molecule has 1 atom stereocenters. The van der Waals surface area contributed by atoms with E-state index in [1.165, 1.54) is 5.56 Å². The van der Waals surface area contributed by atoms with Gasteiger partial charge in [0, 0.05) is 32.2 Å². The Morgan fingerprint density at radius 1 is 1.22 bits per heavy atom. The zero-order chi connectivity index (χ0) is 11.4. The van der Waals surface area contributed by atoms with Gasteiger partial charge in [-0.1, -0.05) is 12.1 Å². The van der Waals surface area contributed by atoms with Crippen molar-refractivity contribution >= 4 is 24.8 Å². The van der Waals surface area contributed by atoms with E-state index in [1.54, 1.807) is 7.11 Å². The molecule has 0 amide bonds. The third-order valence-electron chi connectivity index (χ3n) is 3.28. The third-order valence-corrected chi connectivity index (χ3v) is 3.28. The average molecular weight is 293 g/mol. The van der Waals surface area contributed by atoms with Gasteiger partial charge < -0.3 is 10.1 Å². The molecule has 1 aromatic carbocycles. The molecule has 1 aliphatic heterocycles. The maximum atomic E-state index is 5.26. The minimum Gasteiger partial charge on any atom is -0.497 e. The van der Waals surface area contributed by atoms with Gasteiger partial charge in [-0.2, -0.15) is 0 Å². The van der Waals surface area contributed by atoms with Gasteiger partial charge in [0.1, 0.15) is 5.75 Å².